The van der Waals surface area contributed by atoms with Crippen LogP contribution in [0.4, 0.5) is 17.2 Å². The number of hydrogen-bond donors (Lipinski definition) is 3. The Morgan fingerprint density at radius 2 is 1.88 bits per heavy atom. The van der Waals surface area contributed by atoms with E-state index in [1.165, 1.54) is 22.4 Å². The van der Waals surface area contributed by atoms with Crippen LogP contribution in [-0.2, 0) is 15.0 Å². The summed E-state index contributed by atoms with van der Waals surface area (Å²) in [5.74, 6) is 0.554. The van der Waals surface area contributed by atoms with Crippen LogP contribution in [0.1, 0.15) is 24.1 Å². The van der Waals surface area contributed by atoms with E-state index in [0.717, 1.165) is 24.1 Å². The first-order chi connectivity index (χ1) is 15.4. The smallest absolute Gasteiger partial charge is 0.243 e. The van der Waals surface area contributed by atoms with Crippen LogP contribution in [0.15, 0.2) is 58.8 Å². The second-order valence-electron chi connectivity index (χ2n) is 7.79. The van der Waals surface area contributed by atoms with Crippen molar-refractivity contribution >= 4 is 39.0 Å². The van der Waals surface area contributed by atoms with Gasteiger partial charge >= 0.3 is 0 Å². The Labute approximate surface area is 190 Å². The van der Waals surface area contributed by atoms with Crippen LogP contribution < -0.4 is 16.4 Å². The van der Waals surface area contributed by atoms with E-state index in [1.54, 1.807) is 30.5 Å². The lowest BCUT2D eigenvalue weighted by atomic mass is 10.2. The molecule has 1 fully saturated rings. The Morgan fingerprint density at radius 1 is 1.12 bits per heavy atom. The van der Waals surface area contributed by atoms with Gasteiger partial charge in [-0.25, -0.2) is 18.4 Å². The summed E-state index contributed by atoms with van der Waals surface area (Å²) in [6, 6.07) is 10.5. The normalized spacial score (nSPS) is 20.7. The highest BCUT2D eigenvalue weighted by Crippen LogP contribution is 2.49. The quantitative estimate of drug-likeness (QED) is 0.483. The predicted octanol–water partition coefficient (Wildman–Crippen LogP) is 2.99. The van der Waals surface area contributed by atoms with Gasteiger partial charge in [-0.3, -0.25) is 10.7 Å². The lowest BCUT2D eigenvalue weighted by Crippen LogP contribution is -2.40. The molecule has 9 nitrogen and oxygen atoms in total. The fourth-order valence-electron chi connectivity index (χ4n) is 3.92. The molecule has 11 heteroatoms. The van der Waals surface area contributed by atoms with Crippen molar-refractivity contribution in [2.45, 2.75) is 34.7 Å². The molecule has 1 aromatic carbocycles. The van der Waals surface area contributed by atoms with Crippen LogP contribution in [0.3, 0.4) is 0 Å². The molecule has 4 N–H and O–H groups in total. The SMILES string of the molecule is Cc1cccnc1C1(N)Nc2c(Nc3ccc(S(=O)(=O)N4CCCC4)cc3)ncnc2S1. The number of nitrogens with two attached hydrogens (primary N) is 1. The summed E-state index contributed by atoms with van der Waals surface area (Å²) in [5.41, 5.74) is 9.73. The third kappa shape index (κ3) is 3.71. The van der Waals surface area contributed by atoms with Crippen molar-refractivity contribution in [3.8, 4) is 0 Å². The predicted molar refractivity (Wildman–Crippen MR) is 124 cm³/mol. The standard InChI is InChI=1S/C21H23N7O2S2/c1-14-5-4-10-23-18(14)21(22)27-17-19(24-13-25-20(17)31-21)26-15-6-8-16(9-7-15)32(29,30)28-11-2-3-12-28/h4-10,13,27H,2-3,11-12,22H2,1H3,(H,24,25,26). The molecule has 0 spiro atoms. The van der Waals surface area contributed by atoms with Crippen molar-refractivity contribution in [1.82, 2.24) is 19.3 Å². The lowest BCUT2D eigenvalue weighted by Gasteiger charge is -2.24. The van der Waals surface area contributed by atoms with Crippen molar-refractivity contribution in [3.05, 3.63) is 60.2 Å². The fraction of sp³-hybridized carbons (Fsp3) is 0.286. The molecule has 0 radical (unpaired) electrons. The molecule has 5 rings (SSSR count). The molecule has 2 aromatic heterocycles. The molecule has 0 amide bonds. The summed E-state index contributed by atoms with van der Waals surface area (Å²) in [6.07, 6.45) is 5.00. The van der Waals surface area contributed by atoms with E-state index < -0.39 is 15.0 Å². The maximum atomic E-state index is 12.7. The molecule has 0 saturated carbocycles. The van der Waals surface area contributed by atoms with Gasteiger partial charge in [-0.05, 0) is 55.7 Å². The summed E-state index contributed by atoms with van der Waals surface area (Å²) in [7, 11) is -3.45. The van der Waals surface area contributed by atoms with Crippen LogP contribution >= 0.6 is 11.8 Å². The van der Waals surface area contributed by atoms with Crippen molar-refractivity contribution in [2.75, 3.05) is 23.7 Å². The number of pyridine rings is 1. The van der Waals surface area contributed by atoms with Gasteiger partial charge in [0.05, 0.1) is 10.6 Å². The molecule has 32 heavy (non-hydrogen) atoms. The molecule has 1 unspecified atom stereocenters. The third-order valence-electron chi connectivity index (χ3n) is 5.56. The number of sulfonamides is 1. The summed E-state index contributed by atoms with van der Waals surface area (Å²) in [5, 5.41) is 7.27. The number of nitrogens with zero attached hydrogens (tertiary/aromatic N) is 4. The van der Waals surface area contributed by atoms with E-state index in [2.05, 4.69) is 25.6 Å². The fourth-order valence-corrected chi connectivity index (χ4v) is 6.56. The first-order valence-electron chi connectivity index (χ1n) is 10.3. The monoisotopic (exact) mass is 469 g/mol. The largest absolute Gasteiger partial charge is 0.348 e. The van der Waals surface area contributed by atoms with Crippen LogP contribution in [0.25, 0.3) is 0 Å². The van der Waals surface area contributed by atoms with Crippen LogP contribution in [0.2, 0.25) is 0 Å². The molecule has 1 saturated heterocycles. The average Bonchev–Trinajstić information content (AvgIpc) is 3.43. The lowest BCUT2D eigenvalue weighted by molar-refractivity contribution is 0.477. The zero-order valence-corrected chi connectivity index (χ0v) is 19.1. The maximum Gasteiger partial charge on any atom is 0.243 e. The van der Waals surface area contributed by atoms with Crippen molar-refractivity contribution in [1.29, 1.82) is 0 Å². The molecule has 1 atom stereocenters. The minimum Gasteiger partial charge on any atom is -0.348 e. The van der Waals surface area contributed by atoms with Crippen LogP contribution in [-0.4, -0.2) is 40.8 Å². The summed E-state index contributed by atoms with van der Waals surface area (Å²) in [4.78, 5) is 12.5. The molecule has 3 aromatic rings. The first kappa shape index (κ1) is 21.1. The summed E-state index contributed by atoms with van der Waals surface area (Å²) >= 11 is 1.38. The van der Waals surface area contributed by atoms with Gasteiger partial charge in [-0.1, -0.05) is 17.8 Å². The van der Waals surface area contributed by atoms with Gasteiger partial charge in [0.25, 0.3) is 0 Å². The number of aryl methyl sites for hydroxylation is 1. The summed E-state index contributed by atoms with van der Waals surface area (Å²) in [6.45, 7) is 3.12. The number of nitrogens with one attached hydrogen (secondary N) is 2. The van der Waals surface area contributed by atoms with Gasteiger partial charge in [-0.2, -0.15) is 4.31 Å². The number of anilines is 3. The van der Waals surface area contributed by atoms with Gasteiger partial charge < -0.3 is 10.6 Å². The number of aromatic nitrogens is 3. The molecular formula is C21H23N7O2S2. The van der Waals surface area contributed by atoms with Gasteiger partial charge in [0, 0.05) is 25.0 Å². The van der Waals surface area contributed by atoms with E-state index >= 15 is 0 Å². The van der Waals surface area contributed by atoms with E-state index in [-0.39, 0.29) is 4.90 Å². The van der Waals surface area contributed by atoms with E-state index in [0.29, 0.717) is 35.3 Å². The minimum atomic E-state index is -3.45. The second-order valence-corrected chi connectivity index (χ2v) is 11.0. The van der Waals surface area contributed by atoms with Gasteiger partial charge in [0.15, 0.2) is 10.8 Å². The van der Waals surface area contributed by atoms with Crippen LogP contribution in [0.5, 0.6) is 0 Å². The number of hydrogen-bond acceptors (Lipinski definition) is 9. The number of benzene rings is 1. The van der Waals surface area contributed by atoms with E-state index in [1.807, 2.05) is 19.1 Å². The van der Waals surface area contributed by atoms with Crippen molar-refractivity contribution < 1.29 is 8.42 Å². The topological polar surface area (TPSA) is 126 Å². The van der Waals surface area contributed by atoms with E-state index in [4.69, 9.17) is 5.73 Å². The Morgan fingerprint density at radius 3 is 2.59 bits per heavy atom. The Balaban J connectivity index is 1.39. The molecule has 2 aliphatic rings. The molecule has 166 valence electrons. The highest BCUT2D eigenvalue weighted by atomic mass is 32.2. The highest BCUT2D eigenvalue weighted by Gasteiger charge is 2.40. The van der Waals surface area contributed by atoms with E-state index in [9.17, 15) is 8.42 Å². The van der Waals surface area contributed by atoms with Crippen LogP contribution in [0, 0.1) is 6.92 Å². The zero-order chi connectivity index (χ0) is 22.3. The third-order valence-corrected chi connectivity index (χ3v) is 8.60. The highest BCUT2D eigenvalue weighted by molar-refractivity contribution is 8.00. The Bertz CT molecular complexity index is 1260. The molecule has 0 bridgehead atoms. The zero-order valence-electron chi connectivity index (χ0n) is 17.4. The molecule has 0 aliphatic carbocycles. The Hall–Kier alpha value is -2.73. The first-order valence-corrected chi connectivity index (χ1v) is 12.5. The second kappa shape index (κ2) is 8.00. The number of fused-ring (bicyclic) bond motifs is 1. The van der Waals surface area contributed by atoms with Crippen molar-refractivity contribution in [2.24, 2.45) is 5.73 Å². The molecule has 4 heterocycles. The number of rotatable bonds is 5. The molecular weight excluding hydrogens is 446 g/mol. The van der Waals surface area contributed by atoms with Gasteiger partial charge in [0.1, 0.15) is 17.0 Å². The van der Waals surface area contributed by atoms with Crippen molar-refractivity contribution in [3.63, 3.8) is 0 Å². The Kier molecular flexibility index (Phi) is 5.28. The number of thioether (sulfide) groups is 1. The average molecular weight is 470 g/mol. The summed E-state index contributed by atoms with van der Waals surface area (Å²) < 4.78 is 27.0. The maximum absolute atomic E-state index is 12.7. The molecule has 2 aliphatic heterocycles. The van der Waals surface area contributed by atoms with Gasteiger partial charge in [-0.15, -0.1) is 0 Å². The minimum absolute atomic E-state index is 0.290. The van der Waals surface area contributed by atoms with Gasteiger partial charge in [0.2, 0.25) is 10.0 Å².